The fraction of sp³-hybridized carbons (Fsp3) is 0.125. The normalized spacial score (nSPS) is 12.2. The highest BCUT2D eigenvalue weighted by molar-refractivity contribution is 7.19. The molecule has 0 aliphatic rings. The first-order valence-corrected chi connectivity index (χ1v) is 8.36. The summed E-state index contributed by atoms with van der Waals surface area (Å²) in [5, 5.41) is 3.39. The number of benzene rings is 1. The summed E-state index contributed by atoms with van der Waals surface area (Å²) in [4.78, 5) is 9.85. The monoisotopic (exact) mass is 352 g/mol. The molecule has 0 bridgehead atoms. The maximum absolute atomic E-state index is 12.6. The zero-order valence-corrected chi connectivity index (χ0v) is 13.6. The fourth-order valence-corrected chi connectivity index (χ4v) is 3.42. The molecule has 118 valence electrons. The Bertz CT molecular complexity index is 816. The van der Waals surface area contributed by atoms with E-state index in [0.29, 0.717) is 10.6 Å². The first-order chi connectivity index (χ1) is 10.9. The summed E-state index contributed by atoms with van der Waals surface area (Å²) in [5.41, 5.74) is 0.756. The van der Waals surface area contributed by atoms with Crippen LogP contribution in [0, 0.1) is 6.92 Å². The van der Waals surface area contributed by atoms with Crippen LogP contribution in [0.15, 0.2) is 46.8 Å². The Kier molecular flexibility index (Phi) is 4.32. The van der Waals surface area contributed by atoms with Crippen molar-refractivity contribution in [2.75, 3.05) is 0 Å². The Morgan fingerprint density at radius 3 is 2.48 bits per heavy atom. The molecule has 0 N–H and O–H groups in total. The van der Waals surface area contributed by atoms with E-state index in [1.165, 1.54) is 23.5 Å². The van der Waals surface area contributed by atoms with E-state index >= 15 is 0 Å². The van der Waals surface area contributed by atoms with Gasteiger partial charge in [-0.25, -0.2) is 9.98 Å². The Morgan fingerprint density at radius 2 is 1.87 bits per heavy atom. The molecule has 0 fully saturated rings. The first kappa shape index (κ1) is 15.9. The van der Waals surface area contributed by atoms with Crippen LogP contribution in [0.3, 0.4) is 0 Å². The minimum absolute atomic E-state index is 0.656. The van der Waals surface area contributed by atoms with Crippen LogP contribution in [0.1, 0.15) is 16.1 Å². The van der Waals surface area contributed by atoms with Gasteiger partial charge in [0, 0.05) is 16.7 Å². The van der Waals surface area contributed by atoms with Crippen molar-refractivity contribution in [1.82, 2.24) is 4.98 Å². The summed E-state index contributed by atoms with van der Waals surface area (Å²) in [6.45, 7) is 1.84. The van der Waals surface area contributed by atoms with Crippen LogP contribution in [0.25, 0.3) is 10.6 Å². The van der Waals surface area contributed by atoms with Crippen LogP contribution >= 0.6 is 22.7 Å². The smallest absolute Gasteiger partial charge is 0.243 e. The molecule has 0 spiro atoms. The zero-order chi connectivity index (χ0) is 16.4. The summed E-state index contributed by atoms with van der Waals surface area (Å²) in [6, 6.07) is 8.92. The number of thiophene rings is 1. The molecule has 0 radical (unpaired) electrons. The van der Waals surface area contributed by atoms with Gasteiger partial charge in [0.25, 0.3) is 0 Å². The number of aromatic nitrogens is 1. The fourth-order valence-electron chi connectivity index (χ4n) is 1.92. The second-order valence-electron chi connectivity index (χ2n) is 4.76. The molecule has 0 atom stereocenters. The molecule has 0 saturated carbocycles. The molecule has 3 aromatic rings. The number of rotatable bonds is 3. The summed E-state index contributed by atoms with van der Waals surface area (Å²) in [5.74, 6) is 0. The molecule has 2 heterocycles. The number of halogens is 3. The Morgan fingerprint density at radius 1 is 1.13 bits per heavy atom. The van der Waals surface area contributed by atoms with Crippen LogP contribution in [0.4, 0.5) is 18.2 Å². The number of aryl methyl sites for hydroxylation is 1. The van der Waals surface area contributed by atoms with E-state index in [0.717, 1.165) is 27.7 Å². The number of alkyl halides is 3. The molecule has 0 aliphatic heterocycles. The van der Waals surface area contributed by atoms with Crippen molar-refractivity contribution in [3.63, 3.8) is 0 Å². The summed E-state index contributed by atoms with van der Waals surface area (Å²) in [7, 11) is 0. The van der Waals surface area contributed by atoms with Gasteiger partial charge in [0.2, 0.25) is 0 Å². The predicted octanol–water partition coefficient (Wildman–Crippen LogP) is 5.95. The van der Waals surface area contributed by atoms with Crippen molar-refractivity contribution in [1.29, 1.82) is 0 Å². The van der Waals surface area contributed by atoms with Gasteiger partial charge in [0.05, 0.1) is 11.3 Å². The summed E-state index contributed by atoms with van der Waals surface area (Å²) in [6.07, 6.45) is -2.56. The molecule has 0 saturated heterocycles. The quantitative estimate of drug-likeness (QED) is 0.535. The molecular formula is C16H11F3N2S2. The first-order valence-electron chi connectivity index (χ1n) is 6.66. The standard InChI is InChI=1S/C16H11F3N2S2/c1-10-14(20-9-13-3-2-8-22-13)23-15(21-10)11-4-6-12(7-5-11)16(17,18)19/h2-9H,1H3/b20-9+. The molecule has 2 aromatic heterocycles. The molecule has 3 rings (SSSR count). The Balaban J connectivity index is 1.85. The second-order valence-corrected chi connectivity index (χ2v) is 6.72. The second kappa shape index (κ2) is 6.25. The highest BCUT2D eigenvalue weighted by Gasteiger charge is 2.30. The van der Waals surface area contributed by atoms with Gasteiger partial charge < -0.3 is 0 Å². The highest BCUT2D eigenvalue weighted by Crippen LogP contribution is 2.35. The predicted molar refractivity (Wildman–Crippen MR) is 88.9 cm³/mol. The SMILES string of the molecule is Cc1nc(-c2ccc(C(F)(F)F)cc2)sc1/N=C/c1cccs1. The lowest BCUT2D eigenvalue weighted by Crippen LogP contribution is -2.03. The lowest BCUT2D eigenvalue weighted by atomic mass is 10.1. The minimum atomic E-state index is -4.33. The average molecular weight is 352 g/mol. The minimum Gasteiger partial charge on any atom is -0.243 e. The van der Waals surface area contributed by atoms with E-state index in [9.17, 15) is 13.2 Å². The largest absolute Gasteiger partial charge is 0.416 e. The molecular weight excluding hydrogens is 341 g/mol. The van der Waals surface area contributed by atoms with E-state index in [1.54, 1.807) is 17.6 Å². The van der Waals surface area contributed by atoms with Gasteiger partial charge in [-0.2, -0.15) is 13.2 Å². The molecule has 1 aromatic carbocycles. The maximum atomic E-state index is 12.6. The number of aliphatic imine (C=N–C) groups is 1. The van der Waals surface area contributed by atoms with Gasteiger partial charge >= 0.3 is 6.18 Å². The van der Waals surface area contributed by atoms with Crippen LogP contribution in [0.5, 0.6) is 0 Å². The third-order valence-electron chi connectivity index (χ3n) is 3.08. The van der Waals surface area contributed by atoms with Gasteiger partial charge in [-0.15, -0.1) is 11.3 Å². The van der Waals surface area contributed by atoms with E-state index in [2.05, 4.69) is 9.98 Å². The number of nitrogens with zero attached hydrogens (tertiary/aromatic N) is 2. The van der Waals surface area contributed by atoms with Crippen molar-refractivity contribution in [2.45, 2.75) is 13.1 Å². The molecule has 7 heteroatoms. The maximum Gasteiger partial charge on any atom is 0.416 e. The van der Waals surface area contributed by atoms with Crippen LogP contribution in [-0.4, -0.2) is 11.2 Å². The topological polar surface area (TPSA) is 25.2 Å². The third kappa shape index (κ3) is 3.68. The van der Waals surface area contributed by atoms with Gasteiger partial charge in [0.15, 0.2) is 0 Å². The number of hydrogen-bond acceptors (Lipinski definition) is 4. The van der Waals surface area contributed by atoms with Gasteiger partial charge in [-0.05, 0) is 30.5 Å². The molecule has 0 aliphatic carbocycles. The molecule has 23 heavy (non-hydrogen) atoms. The number of thiazole rings is 1. The van der Waals surface area contributed by atoms with E-state index < -0.39 is 11.7 Å². The summed E-state index contributed by atoms with van der Waals surface area (Å²) < 4.78 is 37.8. The zero-order valence-electron chi connectivity index (χ0n) is 12.0. The third-order valence-corrected chi connectivity index (χ3v) is 5.00. The molecule has 0 unspecified atom stereocenters. The van der Waals surface area contributed by atoms with Gasteiger partial charge in [0.1, 0.15) is 10.0 Å². The lowest BCUT2D eigenvalue weighted by molar-refractivity contribution is -0.137. The van der Waals surface area contributed by atoms with E-state index in [4.69, 9.17) is 0 Å². The van der Waals surface area contributed by atoms with Gasteiger partial charge in [-0.1, -0.05) is 29.5 Å². The van der Waals surface area contributed by atoms with Crippen molar-refractivity contribution >= 4 is 33.9 Å². The van der Waals surface area contributed by atoms with Crippen LogP contribution in [-0.2, 0) is 6.18 Å². The lowest BCUT2D eigenvalue weighted by Gasteiger charge is -2.06. The van der Waals surface area contributed by atoms with Crippen molar-refractivity contribution in [2.24, 2.45) is 4.99 Å². The number of hydrogen-bond donors (Lipinski definition) is 0. The van der Waals surface area contributed by atoms with Gasteiger partial charge in [-0.3, -0.25) is 0 Å². The molecule has 2 nitrogen and oxygen atoms in total. The van der Waals surface area contributed by atoms with Crippen LogP contribution < -0.4 is 0 Å². The average Bonchev–Trinajstić information content (AvgIpc) is 3.14. The summed E-state index contributed by atoms with van der Waals surface area (Å²) >= 11 is 2.95. The van der Waals surface area contributed by atoms with E-state index in [1.807, 2.05) is 24.4 Å². The van der Waals surface area contributed by atoms with Crippen molar-refractivity contribution < 1.29 is 13.2 Å². The molecule has 0 amide bonds. The van der Waals surface area contributed by atoms with Crippen molar-refractivity contribution in [3.8, 4) is 10.6 Å². The van der Waals surface area contributed by atoms with Crippen LogP contribution in [0.2, 0.25) is 0 Å². The van der Waals surface area contributed by atoms with E-state index in [-0.39, 0.29) is 0 Å². The Hall–Kier alpha value is -1.99. The Labute approximate surface area is 139 Å². The highest BCUT2D eigenvalue weighted by atomic mass is 32.1. The van der Waals surface area contributed by atoms with Crippen molar-refractivity contribution in [3.05, 3.63) is 57.9 Å².